The lowest BCUT2D eigenvalue weighted by Gasteiger charge is -2.21. The Morgan fingerprint density at radius 3 is 2.43 bits per heavy atom. The highest BCUT2D eigenvalue weighted by Gasteiger charge is 2.12. The number of benzene rings is 1. The molecule has 2 heterocycles. The monoisotopic (exact) mass is 344 g/mol. The van der Waals surface area contributed by atoms with Crippen LogP contribution in [0.15, 0.2) is 53.3 Å². The second kappa shape index (κ2) is 5.19. The Bertz CT molecular complexity index is 770. The molecular formula is C17H17BrN2O. The van der Waals surface area contributed by atoms with Crippen LogP contribution in [-0.2, 0) is 0 Å². The molecule has 0 radical (unpaired) electrons. The molecule has 21 heavy (non-hydrogen) atoms. The summed E-state index contributed by atoms with van der Waals surface area (Å²) in [4.78, 5) is 4.43. The van der Waals surface area contributed by atoms with Crippen molar-refractivity contribution in [1.29, 1.82) is 0 Å². The molecule has 0 unspecified atom stereocenters. The second-order valence-electron chi connectivity index (χ2n) is 5.96. The van der Waals surface area contributed by atoms with Crippen LogP contribution in [0.25, 0.3) is 16.9 Å². The van der Waals surface area contributed by atoms with Crippen LogP contribution in [0.2, 0.25) is 0 Å². The summed E-state index contributed by atoms with van der Waals surface area (Å²) in [6.07, 6.45) is 3.92. The van der Waals surface area contributed by atoms with Gasteiger partial charge in [0, 0.05) is 16.2 Å². The average Bonchev–Trinajstić information content (AvgIpc) is 2.81. The third-order valence-electron chi connectivity index (χ3n) is 3.04. The Hall–Kier alpha value is -1.81. The lowest BCUT2D eigenvalue weighted by atomic mass is 10.1. The Labute approximate surface area is 132 Å². The van der Waals surface area contributed by atoms with E-state index < -0.39 is 0 Å². The molecule has 0 aliphatic rings. The fraction of sp³-hybridized carbons (Fsp3) is 0.235. The summed E-state index contributed by atoms with van der Waals surface area (Å²) < 4.78 is 8.95. The molecule has 0 bridgehead atoms. The van der Waals surface area contributed by atoms with Crippen LogP contribution in [-0.4, -0.2) is 15.0 Å². The van der Waals surface area contributed by atoms with Gasteiger partial charge in [0.05, 0.1) is 11.9 Å². The van der Waals surface area contributed by atoms with Crippen molar-refractivity contribution in [1.82, 2.24) is 9.38 Å². The summed E-state index contributed by atoms with van der Waals surface area (Å²) in [5.41, 5.74) is 2.93. The summed E-state index contributed by atoms with van der Waals surface area (Å²) in [7, 11) is 0. The number of rotatable bonds is 2. The molecule has 108 valence electrons. The first-order valence-corrected chi connectivity index (χ1v) is 7.64. The molecule has 0 aliphatic heterocycles. The van der Waals surface area contributed by atoms with E-state index in [1.807, 2.05) is 57.4 Å². The standard InChI is InChI=1S/C17H17BrN2O/c1-17(2,3)21-14-7-4-12(5-8-14)15-10-19-16-9-6-13(18)11-20(15)16/h4-11H,1-3H3. The van der Waals surface area contributed by atoms with Crippen LogP contribution in [0.4, 0.5) is 0 Å². The molecule has 2 aromatic heterocycles. The van der Waals surface area contributed by atoms with E-state index >= 15 is 0 Å². The molecule has 0 atom stereocenters. The van der Waals surface area contributed by atoms with E-state index in [1.54, 1.807) is 0 Å². The van der Waals surface area contributed by atoms with Crippen molar-refractivity contribution in [2.24, 2.45) is 0 Å². The number of imidazole rings is 1. The van der Waals surface area contributed by atoms with Gasteiger partial charge in [0.1, 0.15) is 17.0 Å². The van der Waals surface area contributed by atoms with Gasteiger partial charge in [-0.05, 0) is 73.1 Å². The molecule has 0 aliphatic carbocycles. The van der Waals surface area contributed by atoms with Crippen molar-refractivity contribution in [3.8, 4) is 17.0 Å². The van der Waals surface area contributed by atoms with E-state index in [1.165, 1.54) is 0 Å². The van der Waals surface area contributed by atoms with Crippen LogP contribution in [0.1, 0.15) is 20.8 Å². The van der Waals surface area contributed by atoms with Gasteiger partial charge in [-0.15, -0.1) is 0 Å². The molecule has 0 saturated carbocycles. The minimum absolute atomic E-state index is 0.185. The van der Waals surface area contributed by atoms with Crippen molar-refractivity contribution in [3.63, 3.8) is 0 Å². The lowest BCUT2D eigenvalue weighted by Crippen LogP contribution is -2.22. The highest BCUT2D eigenvalue weighted by molar-refractivity contribution is 9.10. The molecule has 3 nitrogen and oxygen atoms in total. The molecular weight excluding hydrogens is 328 g/mol. The average molecular weight is 345 g/mol. The molecule has 0 N–H and O–H groups in total. The van der Waals surface area contributed by atoms with Gasteiger partial charge < -0.3 is 4.74 Å². The van der Waals surface area contributed by atoms with E-state index in [0.29, 0.717) is 0 Å². The topological polar surface area (TPSA) is 26.5 Å². The van der Waals surface area contributed by atoms with E-state index in [9.17, 15) is 0 Å². The summed E-state index contributed by atoms with van der Waals surface area (Å²) >= 11 is 3.50. The zero-order chi connectivity index (χ0) is 15.0. The zero-order valence-corrected chi connectivity index (χ0v) is 13.9. The van der Waals surface area contributed by atoms with Crippen molar-refractivity contribution in [2.45, 2.75) is 26.4 Å². The fourth-order valence-electron chi connectivity index (χ4n) is 2.22. The number of pyridine rings is 1. The predicted molar refractivity (Wildman–Crippen MR) is 88.7 cm³/mol. The predicted octanol–water partition coefficient (Wildman–Crippen LogP) is 4.94. The molecule has 4 heteroatoms. The Morgan fingerprint density at radius 1 is 1.05 bits per heavy atom. The fourth-order valence-corrected chi connectivity index (χ4v) is 2.55. The van der Waals surface area contributed by atoms with Gasteiger partial charge in [-0.2, -0.15) is 0 Å². The van der Waals surface area contributed by atoms with Crippen molar-refractivity contribution >= 4 is 21.6 Å². The van der Waals surface area contributed by atoms with E-state index in [4.69, 9.17) is 4.74 Å². The smallest absolute Gasteiger partial charge is 0.137 e. The third kappa shape index (κ3) is 3.10. The van der Waals surface area contributed by atoms with Crippen molar-refractivity contribution < 1.29 is 4.74 Å². The van der Waals surface area contributed by atoms with Crippen LogP contribution in [0.3, 0.4) is 0 Å². The first-order chi connectivity index (χ1) is 9.92. The van der Waals surface area contributed by atoms with E-state index in [-0.39, 0.29) is 5.60 Å². The highest BCUT2D eigenvalue weighted by Crippen LogP contribution is 2.26. The maximum absolute atomic E-state index is 5.85. The van der Waals surface area contributed by atoms with Crippen molar-refractivity contribution in [2.75, 3.05) is 0 Å². The molecule has 0 saturated heterocycles. The SMILES string of the molecule is CC(C)(C)Oc1ccc(-c2cnc3ccc(Br)cn23)cc1. The van der Waals surface area contributed by atoms with E-state index in [0.717, 1.165) is 27.1 Å². The van der Waals surface area contributed by atoms with E-state index in [2.05, 4.69) is 37.4 Å². The molecule has 0 amide bonds. The van der Waals surface area contributed by atoms with Gasteiger partial charge in [0.15, 0.2) is 0 Å². The minimum Gasteiger partial charge on any atom is -0.488 e. The number of aromatic nitrogens is 2. The highest BCUT2D eigenvalue weighted by atomic mass is 79.9. The molecule has 0 fully saturated rings. The normalized spacial score (nSPS) is 11.8. The van der Waals surface area contributed by atoms with Crippen LogP contribution in [0, 0.1) is 0 Å². The molecule has 3 rings (SSSR count). The first kappa shape index (κ1) is 14.1. The van der Waals surface area contributed by atoms with Crippen LogP contribution < -0.4 is 4.74 Å². The molecule has 0 spiro atoms. The second-order valence-corrected chi connectivity index (χ2v) is 6.87. The van der Waals surface area contributed by atoms with Gasteiger partial charge in [-0.25, -0.2) is 4.98 Å². The van der Waals surface area contributed by atoms with Crippen LogP contribution >= 0.6 is 15.9 Å². The van der Waals surface area contributed by atoms with Gasteiger partial charge in [0.2, 0.25) is 0 Å². The maximum atomic E-state index is 5.85. The minimum atomic E-state index is -0.185. The summed E-state index contributed by atoms with van der Waals surface area (Å²) in [6, 6.07) is 12.1. The summed E-state index contributed by atoms with van der Waals surface area (Å²) in [5, 5.41) is 0. The molecule has 3 aromatic rings. The van der Waals surface area contributed by atoms with Crippen molar-refractivity contribution in [3.05, 3.63) is 53.3 Å². The number of nitrogens with zero attached hydrogens (tertiary/aromatic N) is 2. The first-order valence-electron chi connectivity index (χ1n) is 6.84. The summed E-state index contributed by atoms with van der Waals surface area (Å²) in [6.45, 7) is 6.13. The number of fused-ring (bicyclic) bond motifs is 1. The van der Waals surface area contributed by atoms with Gasteiger partial charge in [-0.1, -0.05) is 0 Å². The zero-order valence-electron chi connectivity index (χ0n) is 12.3. The Kier molecular flexibility index (Phi) is 3.49. The van der Waals surface area contributed by atoms with Crippen LogP contribution in [0.5, 0.6) is 5.75 Å². The number of ether oxygens (including phenoxy) is 1. The maximum Gasteiger partial charge on any atom is 0.137 e. The Morgan fingerprint density at radius 2 is 1.76 bits per heavy atom. The van der Waals surface area contributed by atoms with Gasteiger partial charge in [0.25, 0.3) is 0 Å². The summed E-state index contributed by atoms with van der Waals surface area (Å²) in [5.74, 6) is 0.876. The van der Waals surface area contributed by atoms with Gasteiger partial charge >= 0.3 is 0 Å². The lowest BCUT2D eigenvalue weighted by molar-refractivity contribution is 0.131. The largest absolute Gasteiger partial charge is 0.488 e. The number of hydrogen-bond acceptors (Lipinski definition) is 2. The third-order valence-corrected chi connectivity index (χ3v) is 3.51. The molecule has 1 aromatic carbocycles. The quantitative estimate of drug-likeness (QED) is 0.658. The van der Waals surface area contributed by atoms with Gasteiger partial charge in [-0.3, -0.25) is 4.40 Å². The number of halogens is 1. The number of hydrogen-bond donors (Lipinski definition) is 0. The Balaban J connectivity index is 1.97.